The number of hydrogen-bond acceptors (Lipinski definition) is 5. The number of likely N-dealkylation sites (N-methyl/N-ethyl adjacent to an activating group) is 1. The van der Waals surface area contributed by atoms with Gasteiger partial charge in [-0.2, -0.15) is 0 Å². The fraction of sp³-hybridized carbons (Fsp3) is 0.261. The maximum atomic E-state index is 13.4. The van der Waals surface area contributed by atoms with E-state index in [1.165, 1.54) is 11.8 Å². The van der Waals surface area contributed by atoms with Crippen LogP contribution in [0.3, 0.4) is 0 Å². The Balaban J connectivity index is 2.09. The molecule has 30 heavy (non-hydrogen) atoms. The number of benzene rings is 2. The van der Waals surface area contributed by atoms with Crippen LogP contribution in [0.2, 0.25) is 0 Å². The van der Waals surface area contributed by atoms with Gasteiger partial charge in [0.15, 0.2) is 0 Å². The molecule has 0 bridgehead atoms. The third-order valence-corrected chi connectivity index (χ3v) is 4.84. The molecule has 1 aliphatic rings. The molecule has 0 aliphatic carbocycles. The van der Waals surface area contributed by atoms with Crippen LogP contribution in [0.15, 0.2) is 48.2 Å². The average Bonchev–Trinajstić information content (AvgIpc) is 2.91. The molecule has 156 valence electrons. The topological polar surface area (TPSA) is 90.0 Å². The number of anilines is 2. The highest BCUT2D eigenvalue weighted by Crippen LogP contribution is 2.35. The first-order chi connectivity index (χ1) is 14.2. The number of imide groups is 1. The van der Waals surface area contributed by atoms with Crippen molar-refractivity contribution in [1.82, 2.24) is 4.90 Å². The second-order valence-corrected chi connectivity index (χ2v) is 7.42. The van der Waals surface area contributed by atoms with E-state index in [1.54, 1.807) is 48.3 Å². The molecule has 0 aromatic heterocycles. The number of aliphatic hydroxyl groups excluding tert-OH is 1. The van der Waals surface area contributed by atoms with Gasteiger partial charge in [-0.05, 0) is 54.8 Å². The summed E-state index contributed by atoms with van der Waals surface area (Å²) in [7, 11) is 1.67. The number of rotatable bonds is 6. The summed E-state index contributed by atoms with van der Waals surface area (Å²) in [4.78, 5) is 40.8. The van der Waals surface area contributed by atoms with Crippen LogP contribution in [-0.4, -0.2) is 47.9 Å². The van der Waals surface area contributed by atoms with Crippen LogP contribution in [0.4, 0.5) is 11.4 Å². The lowest BCUT2D eigenvalue weighted by molar-refractivity contribution is -0.120. The van der Waals surface area contributed by atoms with Crippen LogP contribution in [0.1, 0.15) is 23.6 Å². The summed E-state index contributed by atoms with van der Waals surface area (Å²) >= 11 is 0. The number of hydrogen-bond donors (Lipinski definition) is 2. The van der Waals surface area contributed by atoms with Crippen LogP contribution in [0.5, 0.6) is 0 Å². The molecule has 2 aromatic carbocycles. The fourth-order valence-electron chi connectivity index (χ4n) is 3.63. The Hall–Kier alpha value is -3.45. The Morgan fingerprint density at radius 3 is 2.17 bits per heavy atom. The molecule has 0 spiro atoms. The molecule has 0 atom stereocenters. The Morgan fingerprint density at radius 1 is 1.03 bits per heavy atom. The van der Waals surface area contributed by atoms with E-state index in [1.807, 2.05) is 19.9 Å². The average molecular weight is 407 g/mol. The van der Waals surface area contributed by atoms with Gasteiger partial charge in [-0.15, -0.1) is 0 Å². The third-order valence-electron chi connectivity index (χ3n) is 4.84. The first-order valence-corrected chi connectivity index (χ1v) is 9.64. The highest BCUT2D eigenvalue weighted by atomic mass is 16.3. The van der Waals surface area contributed by atoms with Gasteiger partial charge in [-0.25, -0.2) is 4.90 Å². The molecular weight excluding hydrogens is 382 g/mol. The number of carbonyl (C=O) groups excluding carboxylic acids is 3. The molecule has 1 aliphatic heterocycles. The van der Waals surface area contributed by atoms with Crippen molar-refractivity contribution in [2.75, 3.05) is 30.4 Å². The fourth-order valence-corrected chi connectivity index (χ4v) is 3.63. The van der Waals surface area contributed by atoms with Gasteiger partial charge in [0.25, 0.3) is 11.8 Å². The zero-order valence-corrected chi connectivity index (χ0v) is 17.5. The van der Waals surface area contributed by atoms with Crippen molar-refractivity contribution < 1.29 is 19.5 Å². The normalized spacial score (nSPS) is 13.8. The highest BCUT2D eigenvalue weighted by molar-refractivity contribution is 6.45. The molecule has 3 rings (SSSR count). The van der Waals surface area contributed by atoms with Crippen LogP contribution in [0.25, 0.3) is 5.57 Å². The second kappa shape index (κ2) is 8.51. The molecule has 0 radical (unpaired) electrons. The number of aryl methyl sites for hydroxylation is 2. The van der Waals surface area contributed by atoms with Gasteiger partial charge in [0.1, 0.15) is 5.70 Å². The lowest BCUT2D eigenvalue weighted by atomic mass is 10.0. The standard InChI is InChI=1S/C23H25N3O4/c1-14-11-15(2)13-19(12-14)26-22(29)20(21(23(26)30)25(4)9-10-27)17-5-7-18(8-6-17)24-16(3)28/h5-8,11-13,27H,9-10H2,1-4H3,(H,24,28). The Labute approximate surface area is 175 Å². The molecule has 0 unspecified atom stereocenters. The molecule has 0 saturated carbocycles. The number of nitrogens with one attached hydrogen (secondary N) is 1. The summed E-state index contributed by atoms with van der Waals surface area (Å²) in [5.41, 5.74) is 4.08. The molecule has 3 amide bonds. The van der Waals surface area contributed by atoms with Crippen LogP contribution in [-0.2, 0) is 14.4 Å². The molecule has 2 aromatic rings. The van der Waals surface area contributed by atoms with Gasteiger partial charge in [0.05, 0.1) is 17.9 Å². The number of nitrogens with zero attached hydrogens (tertiary/aromatic N) is 2. The Morgan fingerprint density at radius 2 is 1.63 bits per heavy atom. The van der Waals surface area contributed by atoms with Gasteiger partial charge < -0.3 is 15.3 Å². The second-order valence-electron chi connectivity index (χ2n) is 7.42. The Bertz CT molecular complexity index is 1020. The first-order valence-electron chi connectivity index (χ1n) is 9.64. The van der Waals surface area contributed by atoms with E-state index >= 15 is 0 Å². The minimum absolute atomic E-state index is 0.153. The number of aliphatic hydroxyl groups is 1. The van der Waals surface area contributed by atoms with Crippen molar-refractivity contribution in [1.29, 1.82) is 0 Å². The maximum absolute atomic E-state index is 13.4. The summed E-state index contributed by atoms with van der Waals surface area (Å²) in [6.07, 6.45) is 0. The van der Waals surface area contributed by atoms with Crippen molar-refractivity contribution in [2.45, 2.75) is 20.8 Å². The smallest absolute Gasteiger partial charge is 0.282 e. The van der Waals surface area contributed by atoms with Gasteiger partial charge in [-0.1, -0.05) is 18.2 Å². The van der Waals surface area contributed by atoms with Crippen LogP contribution in [0, 0.1) is 13.8 Å². The zero-order valence-electron chi connectivity index (χ0n) is 17.5. The molecule has 7 nitrogen and oxygen atoms in total. The predicted octanol–water partition coefficient (Wildman–Crippen LogP) is 2.47. The van der Waals surface area contributed by atoms with E-state index in [-0.39, 0.29) is 30.3 Å². The molecule has 0 fully saturated rings. The Kier molecular flexibility index (Phi) is 6.03. The van der Waals surface area contributed by atoms with Gasteiger partial charge in [-0.3, -0.25) is 14.4 Å². The van der Waals surface area contributed by atoms with Gasteiger partial charge >= 0.3 is 0 Å². The summed E-state index contributed by atoms with van der Waals surface area (Å²) in [6, 6.07) is 12.3. The summed E-state index contributed by atoms with van der Waals surface area (Å²) in [6.45, 7) is 5.30. The van der Waals surface area contributed by atoms with E-state index in [9.17, 15) is 19.5 Å². The molecular formula is C23H25N3O4. The monoisotopic (exact) mass is 407 g/mol. The minimum Gasteiger partial charge on any atom is -0.395 e. The van der Waals surface area contributed by atoms with Gasteiger partial charge in [0.2, 0.25) is 5.91 Å². The molecule has 7 heteroatoms. The van der Waals surface area contributed by atoms with E-state index in [0.29, 0.717) is 16.9 Å². The quantitative estimate of drug-likeness (QED) is 0.718. The van der Waals surface area contributed by atoms with E-state index < -0.39 is 11.8 Å². The minimum atomic E-state index is -0.429. The molecule has 0 saturated heterocycles. The zero-order chi connectivity index (χ0) is 22.0. The van der Waals surface area contributed by atoms with E-state index in [2.05, 4.69) is 5.32 Å². The van der Waals surface area contributed by atoms with E-state index in [0.717, 1.165) is 11.1 Å². The molecule has 2 N–H and O–H groups in total. The van der Waals surface area contributed by atoms with Crippen LogP contribution >= 0.6 is 0 Å². The van der Waals surface area contributed by atoms with Gasteiger partial charge in [0, 0.05) is 26.2 Å². The summed E-state index contributed by atoms with van der Waals surface area (Å²) in [5, 5.41) is 12.1. The number of carbonyl (C=O) groups is 3. The SMILES string of the molecule is CC(=O)Nc1ccc(C2=C(N(C)CCO)C(=O)N(c3cc(C)cc(C)c3)C2=O)cc1. The molecule has 1 heterocycles. The van der Waals surface area contributed by atoms with Crippen molar-refractivity contribution in [3.05, 3.63) is 64.9 Å². The third kappa shape index (κ3) is 4.11. The van der Waals surface area contributed by atoms with Crippen molar-refractivity contribution in [3.63, 3.8) is 0 Å². The lowest BCUT2D eigenvalue weighted by Crippen LogP contribution is -2.35. The summed E-state index contributed by atoms with van der Waals surface area (Å²) in [5.74, 6) is -1.04. The highest BCUT2D eigenvalue weighted by Gasteiger charge is 2.41. The lowest BCUT2D eigenvalue weighted by Gasteiger charge is -2.21. The number of amides is 3. The van der Waals surface area contributed by atoms with Crippen molar-refractivity contribution in [3.8, 4) is 0 Å². The summed E-state index contributed by atoms with van der Waals surface area (Å²) < 4.78 is 0. The van der Waals surface area contributed by atoms with E-state index in [4.69, 9.17) is 0 Å². The van der Waals surface area contributed by atoms with Crippen molar-refractivity contribution in [2.24, 2.45) is 0 Å². The van der Waals surface area contributed by atoms with Crippen LogP contribution < -0.4 is 10.2 Å². The van der Waals surface area contributed by atoms with Crippen molar-refractivity contribution >= 4 is 34.7 Å². The first kappa shape index (κ1) is 21.3. The maximum Gasteiger partial charge on any atom is 0.282 e. The largest absolute Gasteiger partial charge is 0.395 e. The predicted molar refractivity (Wildman–Crippen MR) is 116 cm³/mol.